The van der Waals surface area contributed by atoms with Gasteiger partial charge in [-0.05, 0) is 36.6 Å². The third-order valence-electron chi connectivity index (χ3n) is 3.66. The summed E-state index contributed by atoms with van der Waals surface area (Å²) in [6.07, 6.45) is 3.50. The van der Waals surface area contributed by atoms with Gasteiger partial charge in [-0.3, -0.25) is 4.98 Å². The third-order valence-corrected chi connectivity index (χ3v) is 3.66. The van der Waals surface area contributed by atoms with E-state index in [0.717, 1.165) is 24.1 Å². The molecule has 1 aromatic carbocycles. The molecule has 3 heteroatoms. The summed E-state index contributed by atoms with van der Waals surface area (Å²) in [6, 6.07) is 14.1. The number of nitrogens with one attached hydrogen (secondary N) is 1. The monoisotopic (exact) mass is 284 g/mol. The quantitative estimate of drug-likeness (QED) is 0.820. The van der Waals surface area contributed by atoms with Gasteiger partial charge in [0.2, 0.25) is 0 Å². The largest absolute Gasteiger partial charge is 0.387 e. The first-order valence-corrected chi connectivity index (χ1v) is 7.61. The Morgan fingerprint density at radius 1 is 1.14 bits per heavy atom. The molecule has 2 unspecified atom stereocenters. The molecule has 0 radical (unpaired) electrons. The summed E-state index contributed by atoms with van der Waals surface area (Å²) < 4.78 is 0. The molecule has 0 aliphatic carbocycles. The number of aliphatic hydroxyl groups excluding tert-OH is 1. The molecule has 0 spiro atoms. The maximum Gasteiger partial charge on any atom is 0.0940 e. The first-order valence-electron chi connectivity index (χ1n) is 7.61. The Labute approximate surface area is 127 Å². The fraction of sp³-hybridized carbons (Fsp3) is 0.389. The van der Waals surface area contributed by atoms with Gasteiger partial charge in [-0.15, -0.1) is 0 Å². The molecule has 2 rings (SSSR count). The smallest absolute Gasteiger partial charge is 0.0940 e. The van der Waals surface area contributed by atoms with Crippen LogP contribution in [0.1, 0.15) is 43.2 Å². The number of rotatable bonds is 7. The van der Waals surface area contributed by atoms with E-state index in [9.17, 15) is 5.11 Å². The van der Waals surface area contributed by atoms with Crippen molar-refractivity contribution in [2.24, 2.45) is 0 Å². The Balaban J connectivity index is 1.90. The van der Waals surface area contributed by atoms with E-state index in [4.69, 9.17) is 0 Å². The fourth-order valence-corrected chi connectivity index (χ4v) is 2.34. The number of benzene rings is 1. The van der Waals surface area contributed by atoms with Crippen molar-refractivity contribution in [3.05, 3.63) is 65.5 Å². The van der Waals surface area contributed by atoms with E-state index in [1.54, 1.807) is 6.20 Å². The van der Waals surface area contributed by atoms with Crippen molar-refractivity contribution in [1.82, 2.24) is 10.3 Å². The van der Waals surface area contributed by atoms with Crippen LogP contribution < -0.4 is 5.32 Å². The minimum atomic E-state index is -0.510. The number of nitrogens with zero attached hydrogens (tertiary/aromatic N) is 1. The average Bonchev–Trinajstić information content (AvgIpc) is 2.54. The summed E-state index contributed by atoms with van der Waals surface area (Å²) in [5.41, 5.74) is 3.26. The van der Waals surface area contributed by atoms with E-state index < -0.39 is 6.10 Å². The Hall–Kier alpha value is -1.71. The third kappa shape index (κ3) is 4.66. The summed E-state index contributed by atoms with van der Waals surface area (Å²) in [5.74, 6) is 0. The lowest BCUT2D eigenvalue weighted by molar-refractivity contribution is 0.135. The summed E-state index contributed by atoms with van der Waals surface area (Å²) in [4.78, 5) is 4.27. The average molecular weight is 284 g/mol. The van der Waals surface area contributed by atoms with Gasteiger partial charge < -0.3 is 10.4 Å². The van der Waals surface area contributed by atoms with E-state index in [1.165, 1.54) is 5.56 Å². The molecule has 2 atom stereocenters. The van der Waals surface area contributed by atoms with Crippen molar-refractivity contribution in [2.45, 2.75) is 45.4 Å². The number of aryl methyl sites for hydroxylation is 1. The first kappa shape index (κ1) is 15.7. The number of aliphatic hydroxyl groups is 1. The minimum absolute atomic E-state index is 0.0240. The number of hydrogen-bond acceptors (Lipinski definition) is 3. The van der Waals surface area contributed by atoms with Crippen LogP contribution in [0.5, 0.6) is 0 Å². The van der Waals surface area contributed by atoms with Crippen molar-refractivity contribution in [2.75, 3.05) is 0 Å². The highest BCUT2D eigenvalue weighted by Crippen LogP contribution is 2.18. The lowest BCUT2D eigenvalue weighted by atomic mass is 10.0. The zero-order chi connectivity index (χ0) is 15.1. The highest BCUT2D eigenvalue weighted by atomic mass is 16.3. The SMILES string of the molecule is CCCc1ccc(C(O)C(C)NCc2ccccn2)cc1. The van der Waals surface area contributed by atoms with Gasteiger partial charge in [0.1, 0.15) is 0 Å². The van der Waals surface area contributed by atoms with Crippen molar-refractivity contribution in [3.8, 4) is 0 Å². The molecule has 0 aliphatic heterocycles. The van der Waals surface area contributed by atoms with Gasteiger partial charge >= 0.3 is 0 Å². The fourth-order valence-electron chi connectivity index (χ4n) is 2.34. The highest BCUT2D eigenvalue weighted by Gasteiger charge is 2.15. The molecule has 2 N–H and O–H groups in total. The molecule has 0 amide bonds. The van der Waals surface area contributed by atoms with Crippen molar-refractivity contribution >= 4 is 0 Å². The van der Waals surface area contributed by atoms with E-state index >= 15 is 0 Å². The Morgan fingerprint density at radius 3 is 2.52 bits per heavy atom. The Morgan fingerprint density at radius 2 is 1.90 bits per heavy atom. The van der Waals surface area contributed by atoms with E-state index in [1.807, 2.05) is 37.3 Å². The Bertz CT molecular complexity index is 525. The van der Waals surface area contributed by atoms with Gasteiger partial charge in [0.15, 0.2) is 0 Å². The van der Waals surface area contributed by atoms with Crippen molar-refractivity contribution in [3.63, 3.8) is 0 Å². The van der Waals surface area contributed by atoms with Gasteiger partial charge in [0, 0.05) is 18.8 Å². The van der Waals surface area contributed by atoms with Crippen LogP contribution in [0.2, 0.25) is 0 Å². The summed E-state index contributed by atoms with van der Waals surface area (Å²) in [6.45, 7) is 4.83. The van der Waals surface area contributed by atoms with Gasteiger partial charge in [0.25, 0.3) is 0 Å². The van der Waals surface area contributed by atoms with Crippen molar-refractivity contribution < 1.29 is 5.11 Å². The van der Waals surface area contributed by atoms with Crippen LogP contribution in [0.25, 0.3) is 0 Å². The number of hydrogen-bond donors (Lipinski definition) is 2. The molecular weight excluding hydrogens is 260 g/mol. The molecule has 0 saturated heterocycles. The van der Waals surface area contributed by atoms with Crippen molar-refractivity contribution in [1.29, 1.82) is 0 Å². The second kappa shape index (κ2) is 7.91. The molecule has 0 bridgehead atoms. The standard InChI is InChI=1S/C18H24N2O/c1-3-6-15-8-10-16(11-9-15)18(21)14(2)20-13-17-7-4-5-12-19-17/h4-5,7-12,14,18,20-21H,3,6,13H2,1-2H3. The predicted octanol–water partition coefficient (Wildman–Crippen LogP) is 3.25. The van der Waals surface area contributed by atoms with Gasteiger partial charge in [0.05, 0.1) is 11.8 Å². The van der Waals surface area contributed by atoms with Crippen LogP contribution in [0.3, 0.4) is 0 Å². The second-order valence-corrected chi connectivity index (χ2v) is 5.43. The molecule has 1 heterocycles. The summed E-state index contributed by atoms with van der Waals surface area (Å²) in [7, 11) is 0. The summed E-state index contributed by atoms with van der Waals surface area (Å²) >= 11 is 0. The topological polar surface area (TPSA) is 45.1 Å². The van der Waals surface area contributed by atoms with Gasteiger partial charge in [-0.1, -0.05) is 43.7 Å². The number of aromatic nitrogens is 1. The van der Waals surface area contributed by atoms with Crippen LogP contribution >= 0.6 is 0 Å². The maximum atomic E-state index is 10.4. The second-order valence-electron chi connectivity index (χ2n) is 5.43. The Kier molecular flexibility index (Phi) is 5.90. The van der Waals surface area contributed by atoms with Gasteiger partial charge in [-0.2, -0.15) is 0 Å². The number of pyridine rings is 1. The van der Waals surface area contributed by atoms with E-state index in [2.05, 4.69) is 29.4 Å². The molecular formula is C18H24N2O. The lowest BCUT2D eigenvalue weighted by Gasteiger charge is -2.20. The molecule has 21 heavy (non-hydrogen) atoms. The minimum Gasteiger partial charge on any atom is -0.387 e. The summed E-state index contributed by atoms with van der Waals surface area (Å²) in [5, 5.41) is 13.7. The molecule has 112 valence electrons. The molecule has 0 aliphatic rings. The molecule has 2 aromatic rings. The lowest BCUT2D eigenvalue weighted by Crippen LogP contribution is -2.32. The van der Waals surface area contributed by atoms with Crippen LogP contribution in [-0.4, -0.2) is 16.1 Å². The molecule has 1 aromatic heterocycles. The van der Waals surface area contributed by atoms with Crippen LogP contribution in [0, 0.1) is 0 Å². The maximum absolute atomic E-state index is 10.4. The van der Waals surface area contributed by atoms with Gasteiger partial charge in [-0.25, -0.2) is 0 Å². The van der Waals surface area contributed by atoms with E-state index in [-0.39, 0.29) is 6.04 Å². The van der Waals surface area contributed by atoms with Crippen LogP contribution in [0.15, 0.2) is 48.7 Å². The first-order chi connectivity index (χ1) is 10.2. The zero-order valence-electron chi connectivity index (χ0n) is 12.8. The molecule has 0 saturated carbocycles. The predicted molar refractivity (Wildman–Crippen MR) is 85.9 cm³/mol. The zero-order valence-corrected chi connectivity index (χ0v) is 12.8. The van der Waals surface area contributed by atoms with Crippen LogP contribution in [-0.2, 0) is 13.0 Å². The highest BCUT2D eigenvalue weighted by molar-refractivity contribution is 5.25. The normalized spacial score (nSPS) is 13.9. The van der Waals surface area contributed by atoms with Crippen LogP contribution in [0.4, 0.5) is 0 Å². The van der Waals surface area contributed by atoms with E-state index in [0.29, 0.717) is 6.54 Å². The molecule has 3 nitrogen and oxygen atoms in total. The molecule has 0 fully saturated rings.